The van der Waals surface area contributed by atoms with Gasteiger partial charge in [0.1, 0.15) is 0 Å². The van der Waals surface area contributed by atoms with E-state index in [1.165, 1.54) is 12.8 Å². The molecule has 0 radical (unpaired) electrons. The lowest BCUT2D eigenvalue weighted by Crippen LogP contribution is -2.43. The maximum atomic E-state index is 11.8. The summed E-state index contributed by atoms with van der Waals surface area (Å²) in [6, 6.07) is 0.540. The number of aliphatic imine (C=N–C) groups is 1. The molecule has 20 heavy (non-hydrogen) atoms. The number of guanidine groups is 1. The normalized spacial score (nSPS) is 27.7. The Kier molecular flexibility index (Phi) is 5.83. The van der Waals surface area contributed by atoms with Crippen molar-refractivity contribution in [3.8, 4) is 0 Å². The minimum atomic E-state index is 0. The Bertz CT molecular complexity index is 383. The predicted octanol–water partition coefficient (Wildman–Crippen LogP) is 0.979. The highest BCUT2D eigenvalue weighted by molar-refractivity contribution is 14.0. The fourth-order valence-corrected chi connectivity index (χ4v) is 3.69. The molecule has 1 aliphatic carbocycles. The fourth-order valence-electron chi connectivity index (χ4n) is 2.79. The van der Waals surface area contributed by atoms with E-state index in [1.807, 2.05) is 16.7 Å². The van der Waals surface area contributed by atoms with Gasteiger partial charge in [-0.3, -0.25) is 9.79 Å². The molecule has 0 aromatic carbocycles. The maximum absolute atomic E-state index is 11.8. The third-order valence-electron chi connectivity index (χ3n) is 4.07. The van der Waals surface area contributed by atoms with E-state index >= 15 is 0 Å². The molecule has 3 fully saturated rings. The molecule has 0 aromatic rings. The van der Waals surface area contributed by atoms with Gasteiger partial charge in [-0.1, -0.05) is 0 Å². The molecule has 1 unspecified atom stereocenters. The number of halogens is 1. The number of rotatable bonds is 3. The zero-order valence-electron chi connectivity index (χ0n) is 11.7. The molecular formula is C13H23IN4OS. The Hall–Kier alpha value is -0.180. The Morgan fingerprint density at radius 3 is 2.70 bits per heavy atom. The van der Waals surface area contributed by atoms with Gasteiger partial charge in [0.05, 0.1) is 0 Å². The van der Waals surface area contributed by atoms with E-state index in [4.69, 9.17) is 5.73 Å². The van der Waals surface area contributed by atoms with Crippen LogP contribution in [0.3, 0.4) is 0 Å². The van der Waals surface area contributed by atoms with Crippen LogP contribution in [-0.2, 0) is 4.79 Å². The number of likely N-dealkylation sites (tertiary alicyclic amines) is 1. The minimum Gasteiger partial charge on any atom is -0.370 e. The molecule has 1 amide bonds. The number of nitrogens with zero attached hydrogens (tertiary/aromatic N) is 3. The fraction of sp³-hybridized carbons (Fsp3) is 0.846. The number of carbonyl (C=O) groups is 1. The predicted molar refractivity (Wildman–Crippen MR) is 93.6 cm³/mol. The van der Waals surface area contributed by atoms with Gasteiger partial charge in [0.2, 0.25) is 5.91 Å². The van der Waals surface area contributed by atoms with Gasteiger partial charge in [0, 0.05) is 56.1 Å². The SMILES string of the molecule is I.NC(=NCC1CC(=O)N(C2CC2)C1)N1CCSCC1. The summed E-state index contributed by atoms with van der Waals surface area (Å²) in [6.45, 7) is 3.58. The Morgan fingerprint density at radius 1 is 1.35 bits per heavy atom. The van der Waals surface area contributed by atoms with Gasteiger partial charge in [-0.15, -0.1) is 24.0 Å². The van der Waals surface area contributed by atoms with E-state index in [-0.39, 0.29) is 24.0 Å². The lowest BCUT2D eigenvalue weighted by molar-refractivity contribution is -0.128. The number of hydrogen-bond acceptors (Lipinski definition) is 3. The first kappa shape index (κ1) is 16.2. The molecule has 2 N–H and O–H groups in total. The van der Waals surface area contributed by atoms with Gasteiger partial charge in [-0.2, -0.15) is 11.8 Å². The van der Waals surface area contributed by atoms with Crippen molar-refractivity contribution in [2.45, 2.75) is 25.3 Å². The van der Waals surface area contributed by atoms with Crippen molar-refractivity contribution in [2.75, 3.05) is 37.7 Å². The summed E-state index contributed by atoms with van der Waals surface area (Å²) in [7, 11) is 0. The number of nitrogens with two attached hydrogens (primary N) is 1. The van der Waals surface area contributed by atoms with Gasteiger partial charge in [-0.25, -0.2) is 0 Å². The van der Waals surface area contributed by atoms with Crippen LogP contribution in [0.5, 0.6) is 0 Å². The van der Waals surface area contributed by atoms with Crippen LogP contribution in [0, 0.1) is 5.92 Å². The first-order chi connectivity index (χ1) is 9.24. The highest BCUT2D eigenvalue weighted by Crippen LogP contribution is 2.32. The van der Waals surface area contributed by atoms with Gasteiger partial charge >= 0.3 is 0 Å². The van der Waals surface area contributed by atoms with Crippen LogP contribution in [-0.4, -0.2) is 65.4 Å². The second-order valence-electron chi connectivity index (χ2n) is 5.65. The minimum absolute atomic E-state index is 0. The summed E-state index contributed by atoms with van der Waals surface area (Å²) in [4.78, 5) is 20.6. The van der Waals surface area contributed by atoms with Gasteiger partial charge in [0.15, 0.2) is 5.96 Å². The van der Waals surface area contributed by atoms with Crippen molar-refractivity contribution in [1.29, 1.82) is 0 Å². The van der Waals surface area contributed by atoms with E-state index in [1.54, 1.807) is 0 Å². The van der Waals surface area contributed by atoms with Crippen LogP contribution in [0.25, 0.3) is 0 Å². The first-order valence-corrected chi connectivity index (χ1v) is 8.31. The molecule has 2 saturated heterocycles. The summed E-state index contributed by atoms with van der Waals surface area (Å²) < 4.78 is 0. The average Bonchev–Trinajstić information content (AvgIpc) is 3.21. The molecule has 3 rings (SSSR count). The lowest BCUT2D eigenvalue weighted by Gasteiger charge is -2.27. The van der Waals surface area contributed by atoms with Crippen molar-refractivity contribution in [3.05, 3.63) is 0 Å². The zero-order chi connectivity index (χ0) is 13.2. The smallest absolute Gasteiger partial charge is 0.223 e. The molecular weight excluding hydrogens is 387 g/mol. The third kappa shape index (κ3) is 3.93. The van der Waals surface area contributed by atoms with Crippen LogP contribution in [0.2, 0.25) is 0 Å². The van der Waals surface area contributed by atoms with Gasteiger partial charge in [0.25, 0.3) is 0 Å². The van der Waals surface area contributed by atoms with Gasteiger partial charge in [-0.05, 0) is 12.8 Å². The quantitative estimate of drug-likeness (QED) is 0.428. The number of thioether (sulfide) groups is 1. The molecule has 5 nitrogen and oxygen atoms in total. The van der Waals surface area contributed by atoms with Crippen LogP contribution < -0.4 is 5.73 Å². The molecule has 3 aliphatic rings. The Balaban J connectivity index is 0.00000147. The molecule has 1 saturated carbocycles. The summed E-state index contributed by atoms with van der Waals surface area (Å²) in [6.07, 6.45) is 3.04. The average molecular weight is 410 g/mol. The summed E-state index contributed by atoms with van der Waals surface area (Å²) in [5.41, 5.74) is 6.04. The maximum Gasteiger partial charge on any atom is 0.223 e. The first-order valence-electron chi connectivity index (χ1n) is 7.16. The molecule has 114 valence electrons. The highest BCUT2D eigenvalue weighted by Gasteiger charge is 2.39. The van der Waals surface area contributed by atoms with E-state index in [0.29, 0.717) is 36.8 Å². The zero-order valence-corrected chi connectivity index (χ0v) is 14.8. The number of amides is 1. The second kappa shape index (κ2) is 7.20. The Labute approximate surface area is 141 Å². The van der Waals surface area contributed by atoms with Crippen molar-refractivity contribution < 1.29 is 4.79 Å². The number of carbonyl (C=O) groups excluding carboxylic acids is 1. The molecule has 1 atom stereocenters. The molecule has 0 spiro atoms. The van der Waals surface area contributed by atoms with Crippen molar-refractivity contribution in [1.82, 2.24) is 9.80 Å². The summed E-state index contributed by atoms with van der Waals surface area (Å²) >= 11 is 1.97. The summed E-state index contributed by atoms with van der Waals surface area (Å²) in [5.74, 6) is 3.61. The number of hydrogen-bond donors (Lipinski definition) is 1. The van der Waals surface area contributed by atoms with Crippen LogP contribution in [0.15, 0.2) is 4.99 Å². The van der Waals surface area contributed by atoms with E-state index in [9.17, 15) is 4.79 Å². The van der Waals surface area contributed by atoms with E-state index in [2.05, 4.69) is 9.89 Å². The largest absolute Gasteiger partial charge is 0.370 e. The molecule has 2 aliphatic heterocycles. The van der Waals surface area contributed by atoms with E-state index in [0.717, 1.165) is 31.1 Å². The van der Waals surface area contributed by atoms with Crippen LogP contribution >= 0.6 is 35.7 Å². The second-order valence-corrected chi connectivity index (χ2v) is 6.87. The van der Waals surface area contributed by atoms with Crippen molar-refractivity contribution >= 4 is 47.6 Å². The topological polar surface area (TPSA) is 61.9 Å². The van der Waals surface area contributed by atoms with E-state index < -0.39 is 0 Å². The molecule has 7 heteroatoms. The Morgan fingerprint density at radius 2 is 2.05 bits per heavy atom. The molecule has 2 heterocycles. The van der Waals surface area contributed by atoms with Crippen molar-refractivity contribution in [3.63, 3.8) is 0 Å². The van der Waals surface area contributed by atoms with Crippen LogP contribution in [0.1, 0.15) is 19.3 Å². The summed E-state index contributed by atoms with van der Waals surface area (Å²) in [5, 5.41) is 0. The third-order valence-corrected chi connectivity index (χ3v) is 5.02. The monoisotopic (exact) mass is 410 g/mol. The van der Waals surface area contributed by atoms with Crippen LogP contribution in [0.4, 0.5) is 0 Å². The lowest BCUT2D eigenvalue weighted by atomic mass is 10.1. The van der Waals surface area contributed by atoms with Gasteiger partial charge < -0.3 is 15.5 Å². The standard InChI is InChI=1S/C13H22N4OS.HI/c14-13(16-3-5-19-6-4-16)15-8-10-7-12(18)17(9-10)11-1-2-11;/h10-11H,1-9H2,(H2,14,15);1H. The van der Waals surface area contributed by atoms with Crippen molar-refractivity contribution in [2.24, 2.45) is 16.6 Å². The highest BCUT2D eigenvalue weighted by atomic mass is 127. The molecule has 0 aromatic heterocycles. The molecule has 0 bridgehead atoms.